The maximum absolute atomic E-state index is 11.9. The summed E-state index contributed by atoms with van der Waals surface area (Å²) in [6, 6.07) is 3.53. The first kappa shape index (κ1) is 14.9. The molecular formula is C14H11N3O2S3. The largest absolute Gasteiger partial charge is 0.346 e. The molecule has 3 aromatic heterocycles. The lowest BCUT2D eigenvalue weighted by Crippen LogP contribution is -2.22. The molecule has 0 saturated carbocycles. The molecule has 0 fully saturated rings. The highest BCUT2D eigenvalue weighted by Gasteiger charge is 2.10. The Morgan fingerprint density at radius 3 is 2.32 bits per heavy atom. The summed E-state index contributed by atoms with van der Waals surface area (Å²) in [5.41, 5.74) is 1.98. The van der Waals surface area contributed by atoms with Crippen LogP contribution in [-0.2, 0) is 6.54 Å². The number of anilines is 1. The average Bonchev–Trinajstić information content (AvgIpc) is 3.25. The van der Waals surface area contributed by atoms with Gasteiger partial charge in [0.25, 0.3) is 11.8 Å². The number of hydrogen-bond acceptors (Lipinski definition) is 6. The molecule has 0 aliphatic rings. The molecule has 0 bridgehead atoms. The summed E-state index contributed by atoms with van der Waals surface area (Å²) in [5, 5.41) is 15.2. The molecule has 0 saturated heterocycles. The lowest BCUT2D eigenvalue weighted by molar-refractivity contribution is 0.0950. The molecule has 22 heavy (non-hydrogen) atoms. The van der Waals surface area contributed by atoms with Gasteiger partial charge in [-0.15, -0.1) is 11.3 Å². The van der Waals surface area contributed by atoms with E-state index in [0.29, 0.717) is 28.5 Å². The van der Waals surface area contributed by atoms with E-state index in [-0.39, 0.29) is 11.8 Å². The summed E-state index contributed by atoms with van der Waals surface area (Å²) in [7, 11) is 0. The van der Waals surface area contributed by atoms with Crippen molar-refractivity contribution in [3.63, 3.8) is 0 Å². The zero-order valence-electron chi connectivity index (χ0n) is 11.2. The zero-order valence-corrected chi connectivity index (χ0v) is 13.7. The Labute approximate surface area is 138 Å². The SMILES string of the molecule is O=C(NCc1csc(NC(=O)c2ccsc2)n1)c1ccsc1. The highest BCUT2D eigenvalue weighted by Crippen LogP contribution is 2.17. The fourth-order valence-electron chi connectivity index (χ4n) is 1.68. The number of nitrogens with zero attached hydrogens (tertiary/aromatic N) is 1. The third-order valence-corrected chi connectivity index (χ3v) is 4.94. The molecule has 3 aromatic rings. The summed E-state index contributed by atoms with van der Waals surface area (Å²) in [4.78, 5) is 28.0. The van der Waals surface area contributed by atoms with Crippen LogP contribution in [0.25, 0.3) is 0 Å². The van der Waals surface area contributed by atoms with Gasteiger partial charge in [-0.3, -0.25) is 14.9 Å². The van der Waals surface area contributed by atoms with Crippen molar-refractivity contribution >= 4 is 51.0 Å². The fourth-order valence-corrected chi connectivity index (χ4v) is 3.65. The number of hydrogen-bond donors (Lipinski definition) is 2. The smallest absolute Gasteiger partial charge is 0.258 e. The second-order valence-electron chi connectivity index (χ2n) is 4.30. The maximum Gasteiger partial charge on any atom is 0.258 e. The van der Waals surface area contributed by atoms with E-state index >= 15 is 0 Å². The molecule has 3 rings (SSSR count). The van der Waals surface area contributed by atoms with Gasteiger partial charge >= 0.3 is 0 Å². The van der Waals surface area contributed by atoms with Crippen molar-refractivity contribution in [2.45, 2.75) is 6.54 Å². The van der Waals surface area contributed by atoms with Gasteiger partial charge in [0, 0.05) is 21.7 Å². The maximum atomic E-state index is 11.9. The first-order valence-corrected chi connectivity index (χ1v) is 9.07. The number of amides is 2. The monoisotopic (exact) mass is 349 g/mol. The van der Waals surface area contributed by atoms with Crippen LogP contribution in [0.3, 0.4) is 0 Å². The summed E-state index contributed by atoms with van der Waals surface area (Å²) < 4.78 is 0. The minimum Gasteiger partial charge on any atom is -0.346 e. The highest BCUT2D eigenvalue weighted by molar-refractivity contribution is 7.14. The molecule has 0 aliphatic carbocycles. The quantitative estimate of drug-likeness (QED) is 0.741. The predicted molar refractivity (Wildman–Crippen MR) is 89.9 cm³/mol. The van der Waals surface area contributed by atoms with E-state index in [9.17, 15) is 9.59 Å². The first-order valence-electron chi connectivity index (χ1n) is 6.31. The van der Waals surface area contributed by atoms with Crippen LogP contribution in [-0.4, -0.2) is 16.8 Å². The molecular weight excluding hydrogens is 338 g/mol. The number of rotatable bonds is 5. The van der Waals surface area contributed by atoms with E-state index in [1.165, 1.54) is 34.0 Å². The molecule has 8 heteroatoms. The standard InChI is InChI=1S/C14H11N3O2S3/c18-12(9-1-3-20-6-9)15-5-11-8-22-14(16-11)17-13(19)10-2-4-21-7-10/h1-4,6-8H,5H2,(H,15,18)(H,16,17,19). The number of carbonyl (C=O) groups is 2. The topological polar surface area (TPSA) is 71.1 Å². The van der Waals surface area contributed by atoms with Crippen LogP contribution < -0.4 is 10.6 Å². The molecule has 0 aromatic carbocycles. The minimum absolute atomic E-state index is 0.127. The van der Waals surface area contributed by atoms with Gasteiger partial charge < -0.3 is 5.32 Å². The number of thiophene rings is 2. The van der Waals surface area contributed by atoms with E-state index in [2.05, 4.69) is 15.6 Å². The van der Waals surface area contributed by atoms with Gasteiger partial charge in [0.05, 0.1) is 17.8 Å². The van der Waals surface area contributed by atoms with Crippen molar-refractivity contribution in [2.75, 3.05) is 5.32 Å². The Bertz CT molecular complexity index is 763. The molecule has 112 valence electrons. The van der Waals surface area contributed by atoms with Crippen LogP contribution in [0.1, 0.15) is 26.4 Å². The Morgan fingerprint density at radius 2 is 1.68 bits per heavy atom. The summed E-state index contributed by atoms with van der Waals surface area (Å²) in [5.74, 6) is -0.303. The number of aromatic nitrogens is 1. The predicted octanol–water partition coefficient (Wildman–Crippen LogP) is 3.45. The lowest BCUT2D eigenvalue weighted by atomic mass is 10.3. The van der Waals surface area contributed by atoms with Gasteiger partial charge in [-0.1, -0.05) is 0 Å². The van der Waals surface area contributed by atoms with E-state index in [0.717, 1.165) is 0 Å². The van der Waals surface area contributed by atoms with Gasteiger partial charge in [0.2, 0.25) is 0 Å². The molecule has 5 nitrogen and oxygen atoms in total. The van der Waals surface area contributed by atoms with Crippen molar-refractivity contribution in [1.29, 1.82) is 0 Å². The van der Waals surface area contributed by atoms with Gasteiger partial charge in [-0.25, -0.2) is 4.98 Å². The molecule has 0 spiro atoms. The van der Waals surface area contributed by atoms with Crippen LogP contribution in [0.15, 0.2) is 39.0 Å². The van der Waals surface area contributed by atoms with Crippen LogP contribution in [0.4, 0.5) is 5.13 Å². The van der Waals surface area contributed by atoms with E-state index < -0.39 is 0 Å². The Kier molecular flexibility index (Phi) is 4.62. The summed E-state index contributed by atoms with van der Waals surface area (Å²) in [6.45, 7) is 0.333. The van der Waals surface area contributed by atoms with Crippen LogP contribution in [0, 0.1) is 0 Å². The zero-order chi connectivity index (χ0) is 15.4. The van der Waals surface area contributed by atoms with E-state index in [1.807, 2.05) is 16.1 Å². The van der Waals surface area contributed by atoms with Crippen molar-refractivity contribution in [1.82, 2.24) is 10.3 Å². The highest BCUT2D eigenvalue weighted by atomic mass is 32.1. The van der Waals surface area contributed by atoms with E-state index in [1.54, 1.807) is 22.9 Å². The summed E-state index contributed by atoms with van der Waals surface area (Å²) >= 11 is 4.28. The van der Waals surface area contributed by atoms with Crippen molar-refractivity contribution < 1.29 is 9.59 Å². The lowest BCUT2D eigenvalue weighted by Gasteiger charge is -2.01. The van der Waals surface area contributed by atoms with Crippen molar-refractivity contribution in [2.24, 2.45) is 0 Å². The van der Waals surface area contributed by atoms with Crippen molar-refractivity contribution in [3.8, 4) is 0 Å². The third kappa shape index (κ3) is 3.59. The minimum atomic E-state index is -0.176. The molecule has 2 amide bonds. The van der Waals surface area contributed by atoms with Gasteiger partial charge in [0.15, 0.2) is 5.13 Å². The fraction of sp³-hybridized carbons (Fsp3) is 0.0714. The Hall–Kier alpha value is -2.03. The van der Waals surface area contributed by atoms with Gasteiger partial charge in [-0.2, -0.15) is 22.7 Å². The molecule has 0 atom stereocenters. The van der Waals surface area contributed by atoms with E-state index in [4.69, 9.17) is 0 Å². The molecule has 2 N–H and O–H groups in total. The molecule has 0 unspecified atom stereocenters. The Balaban J connectivity index is 1.55. The molecule has 3 heterocycles. The number of thiazole rings is 1. The third-order valence-electron chi connectivity index (χ3n) is 2.77. The number of nitrogens with one attached hydrogen (secondary N) is 2. The number of carbonyl (C=O) groups excluding carboxylic acids is 2. The summed E-state index contributed by atoms with van der Waals surface area (Å²) in [6.07, 6.45) is 0. The van der Waals surface area contributed by atoms with Crippen molar-refractivity contribution in [3.05, 3.63) is 55.9 Å². The van der Waals surface area contributed by atoms with Crippen LogP contribution in [0.2, 0.25) is 0 Å². The van der Waals surface area contributed by atoms with Gasteiger partial charge in [0.1, 0.15) is 0 Å². The molecule has 0 radical (unpaired) electrons. The second kappa shape index (κ2) is 6.82. The van der Waals surface area contributed by atoms with Crippen LogP contribution in [0.5, 0.6) is 0 Å². The second-order valence-corrected chi connectivity index (χ2v) is 6.72. The first-order chi connectivity index (χ1) is 10.7. The average molecular weight is 349 g/mol. The van der Waals surface area contributed by atoms with Crippen LogP contribution >= 0.6 is 34.0 Å². The molecule has 0 aliphatic heterocycles. The Morgan fingerprint density at radius 1 is 1.00 bits per heavy atom. The normalized spacial score (nSPS) is 10.4. The van der Waals surface area contributed by atoms with Gasteiger partial charge in [-0.05, 0) is 22.9 Å².